The largest absolute Gasteiger partial charge is 0.493 e. The summed E-state index contributed by atoms with van der Waals surface area (Å²) in [4.78, 5) is 32.8. The number of fused-ring (bicyclic) bond motifs is 2. The van der Waals surface area contributed by atoms with Crippen molar-refractivity contribution in [2.24, 2.45) is 4.99 Å². The van der Waals surface area contributed by atoms with Crippen LogP contribution in [0.5, 0.6) is 11.5 Å². The van der Waals surface area contributed by atoms with E-state index in [0.717, 1.165) is 16.3 Å². The maximum atomic E-state index is 14.1. The van der Waals surface area contributed by atoms with Crippen molar-refractivity contribution in [2.45, 2.75) is 19.9 Å². The highest BCUT2D eigenvalue weighted by Gasteiger charge is 2.36. The molecule has 206 valence electrons. The summed E-state index contributed by atoms with van der Waals surface area (Å²) in [6.07, 6.45) is 1.88. The highest BCUT2D eigenvalue weighted by molar-refractivity contribution is 7.07. The maximum Gasteiger partial charge on any atom is 0.338 e. The Morgan fingerprint density at radius 3 is 2.60 bits per heavy atom. The molecule has 0 bridgehead atoms. The van der Waals surface area contributed by atoms with E-state index in [2.05, 4.69) is 0 Å². The standard InChI is InChI=1S/C31H30N2O6S/c1-5-38-28-23(14-9-15-24(28)37-4)27-26(30(35)39-17-16-36-3)19(2)32-31-33(27)29(34)25(40-31)18-21-12-8-11-20-10-6-7-13-22(20)21/h6-15,18,27H,5,16-17H2,1-4H3/b25-18+/t27-/m1/s1. The fourth-order valence-electron chi connectivity index (χ4n) is 4.90. The zero-order valence-corrected chi connectivity index (χ0v) is 23.6. The molecule has 3 aromatic carbocycles. The number of allylic oxidation sites excluding steroid dienone is 1. The van der Waals surface area contributed by atoms with Crippen molar-refractivity contribution in [2.75, 3.05) is 34.0 Å². The number of nitrogens with zero attached hydrogens (tertiary/aromatic N) is 2. The van der Waals surface area contributed by atoms with Crippen LogP contribution in [0.1, 0.15) is 31.0 Å². The summed E-state index contributed by atoms with van der Waals surface area (Å²) in [5.74, 6) is 0.383. The minimum Gasteiger partial charge on any atom is -0.493 e. The van der Waals surface area contributed by atoms with Gasteiger partial charge in [-0.3, -0.25) is 9.36 Å². The third kappa shape index (κ3) is 5.05. The van der Waals surface area contributed by atoms with Crippen LogP contribution >= 0.6 is 11.3 Å². The lowest BCUT2D eigenvalue weighted by molar-refractivity contribution is -0.140. The number of carbonyl (C=O) groups is 1. The second-order valence-corrected chi connectivity index (χ2v) is 10.1. The molecular formula is C31H30N2O6S. The Labute approximate surface area is 235 Å². The summed E-state index contributed by atoms with van der Waals surface area (Å²) in [5.41, 5.74) is 1.99. The van der Waals surface area contributed by atoms with Crippen molar-refractivity contribution in [1.29, 1.82) is 0 Å². The van der Waals surface area contributed by atoms with Gasteiger partial charge in [0.15, 0.2) is 16.3 Å². The number of hydrogen-bond donors (Lipinski definition) is 0. The summed E-state index contributed by atoms with van der Waals surface area (Å²) in [7, 11) is 3.09. The van der Waals surface area contributed by atoms with Crippen LogP contribution in [0.25, 0.3) is 16.8 Å². The fourth-order valence-corrected chi connectivity index (χ4v) is 5.94. The molecule has 0 fully saturated rings. The fraction of sp³-hybridized carbons (Fsp3) is 0.258. The van der Waals surface area contributed by atoms with E-state index in [1.807, 2.05) is 67.6 Å². The summed E-state index contributed by atoms with van der Waals surface area (Å²) < 4.78 is 24.2. The Hall–Kier alpha value is -4.21. The van der Waals surface area contributed by atoms with E-state index in [1.54, 1.807) is 24.7 Å². The van der Waals surface area contributed by atoms with Crippen LogP contribution in [0.4, 0.5) is 0 Å². The van der Waals surface area contributed by atoms with Crippen LogP contribution in [-0.4, -0.2) is 44.6 Å². The van der Waals surface area contributed by atoms with Gasteiger partial charge in [0.2, 0.25) is 0 Å². The summed E-state index contributed by atoms with van der Waals surface area (Å²) in [6, 6.07) is 18.6. The van der Waals surface area contributed by atoms with Crippen LogP contribution in [0.3, 0.4) is 0 Å². The van der Waals surface area contributed by atoms with Gasteiger partial charge in [-0.05, 0) is 42.3 Å². The summed E-state index contributed by atoms with van der Waals surface area (Å²) in [5, 5.41) is 2.12. The average Bonchev–Trinajstić information content (AvgIpc) is 3.26. The van der Waals surface area contributed by atoms with E-state index in [4.69, 9.17) is 23.9 Å². The van der Waals surface area contributed by atoms with Gasteiger partial charge in [0, 0.05) is 12.7 Å². The molecule has 0 spiro atoms. The molecule has 5 rings (SSSR count). The average molecular weight is 559 g/mol. The summed E-state index contributed by atoms with van der Waals surface area (Å²) >= 11 is 1.28. The van der Waals surface area contributed by atoms with Crippen molar-refractivity contribution >= 4 is 34.2 Å². The highest BCUT2D eigenvalue weighted by Crippen LogP contribution is 2.40. The van der Waals surface area contributed by atoms with E-state index in [-0.39, 0.29) is 24.3 Å². The molecule has 0 saturated carbocycles. The Kier molecular flexibility index (Phi) is 8.14. The lowest BCUT2D eigenvalue weighted by atomic mass is 9.94. The minimum atomic E-state index is -0.836. The molecule has 0 aliphatic carbocycles. The smallest absolute Gasteiger partial charge is 0.338 e. The Morgan fingerprint density at radius 1 is 1.05 bits per heavy atom. The zero-order valence-electron chi connectivity index (χ0n) is 22.8. The first kappa shape index (κ1) is 27.4. The highest BCUT2D eigenvalue weighted by atomic mass is 32.1. The van der Waals surface area contributed by atoms with Crippen LogP contribution in [0, 0.1) is 0 Å². The van der Waals surface area contributed by atoms with Gasteiger partial charge < -0.3 is 18.9 Å². The molecule has 9 heteroatoms. The normalized spacial score (nSPS) is 15.1. The predicted octanol–water partition coefficient (Wildman–Crippen LogP) is 3.99. The molecule has 8 nitrogen and oxygen atoms in total. The molecule has 0 radical (unpaired) electrons. The van der Waals surface area contributed by atoms with Gasteiger partial charge in [-0.15, -0.1) is 0 Å². The molecule has 1 aromatic heterocycles. The molecule has 1 aliphatic rings. The number of aromatic nitrogens is 1. The molecular weight excluding hydrogens is 528 g/mol. The second-order valence-electron chi connectivity index (χ2n) is 9.09. The van der Waals surface area contributed by atoms with E-state index in [1.165, 1.54) is 18.4 Å². The van der Waals surface area contributed by atoms with Crippen LogP contribution in [0.2, 0.25) is 0 Å². The van der Waals surface area contributed by atoms with Crippen molar-refractivity contribution in [3.8, 4) is 11.5 Å². The first-order chi connectivity index (χ1) is 19.5. The van der Waals surface area contributed by atoms with Crippen LogP contribution < -0.4 is 24.4 Å². The third-order valence-electron chi connectivity index (χ3n) is 6.68. The predicted molar refractivity (Wildman–Crippen MR) is 155 cm³/mol. The number of benzene rings is 3. The van der Waals surface area contributed by atoms with E-state index in [0.29, 0.717) is 38.7 Å². The van der Waals surface area contributed by atoms with Crippen molar-refractivity contribution in [3.63, 3.8) is 0 Å². The first-order valence-corrected chi connectivity index (χ1v) is 13.8. The molecule has 1 atom stereocenters. The van der Waals surface area contributed by atoms with E-state index >= 15 is 0 Å². The van der Waals surface area contributed by atoms with E-state index < -0.39 is 12.0 Å². The van der Waals surface area contributed by atoms with Gasteiger partial charge in [-0.2, -0.15) is 0 Å². The van der Waals surface area contributed by atoms with Gasteiger partial charge in [-0.25, -0.2) is 9.79 Å². The molecule has 40 heavy (non-hydrogen) atoms. The number of hydrogen-bond acceptors (Lipinski definition) is 8. The van der Waals surface area contributed by atoms with Crippen LogP contribution in [-0.2, 0) is 14.3 Å². The van der Waals surface area contributed by atoms with Crippen molar-refractivity contribution in [1.82, 2.24) is 4.57 Å². The number of ether oxygens (including phenoxy) is 4. The van der Waals surface area contributed by atoms with Crippen molar-refractivity contribution < 1.29 is 23.7 Å². The Balaban J connectivity index is 1.75. The Bertz CT molecular complexity index is 1780. The molecule has 4 aromatic rings. The molecule has 0 unspecified atom stereocenters. The van der Waals surface area contributed by atoms with Crippen LogP contribution in [0.15, 0.2) is 81.7 Å². The van der Waals surface area contributed by atoms with Gasteiger partial charge in [-0.1, -0.05) is 65.9 Å². The van der Waals surface area contributed by atoms with E-state index in [9.17, 15) is 9.59 Å². The number of methoxy groups -OCH3 is 2. The number of esters is 1. The number of thiazole rings is 1. The molecule has 0 saturated heterocycles. The first-order valence-electron chi connectivity index (χ1n) is 12.9. The van der Waals surface area contributed by atoms with Crippen molar-refractivity contribution in [3.05, 3.63) is 103 Å². The number of rotatable bonds is 9. The zero-order chi connectivity index (χ0) is 28.2. The quantitative estimate of drug-likeness (QED) is 0.228. The third-order valence-corrected chi connectivity index (χ3v) is 7.67. The second kappa shape index (κ2) is 11.9. The molecule has 1 aliphatic heterocycles. The Morgan fingerprint density at radius 2 is 1.82 bits per heavy atom. The molecule has 2 heterocycles. The number of para-hydroxylation sites is 1. The van der Waals surface area contributed by atoms with Gasteiger partial charge in [0.1, 0.15) is 12.6 Å². The van der Waals surface area contributed by atoms with Gasteiger partial charge in [0.05, 0.1) is 36.1 Å². The lowest BCUT2D eigenvalue weighted by Gasteiger charge is -2.27. The van der Waals surface area contributed by atoms with Gasteiger partial charge >= 0.3 is 5.97 Å². The van der Waals surface area contributed by atoms with Gasteiger partial charge in [0.25, 0.3) is 5.56 Å². The molecule has 0 amide bonds. The lowest BCUT2D eigenvalue weighted by Crippen LogP contribution is -2.40. The summed E-state index contributed by atoms with van der Waals surface area (Å²) in [6.45, 7) is 4.30. The number of carbonyl (C=O) groups excluding carboxylic acids is 1. The maximum absolute atomic E-state index is 14.1. The topological polar surface area (TPSA) is 88.4 Å². The minimum absolute atomic E-state index is 0.0702. The SMILES string of the molecule is CCOc1c(OC)cccc1[C@@H]1C(C(=O)OCCOC)=C(C)N=c2s/c(=C/c3cccc4ccccc34)c(=O)n21. The monoisotopic (exact) mass is 558 g/mol. The molecule has 0 N–H and O–H groups in total.